The van der Waals surface area contributed by atoms with E-state index in [2.05, 4.69) is 9.98 Å². The molecule has 30 heavy (non-hydrogen) atoms. The second-order valence-electron chi connectivity index (χ2n) is 6.94. The third-order valence-corrected chi connectivity index (χ3v) is 4.85. The summed E-state index contributed by atoms with van der Waals surface area (Å²) in [6, 6.07) is 20.5. The van der Waals surface area contributed by atoms with Gasteiger partial charge in [0.1, 0.15) is 5.82 Å². The van der Waals surface area contributed by atoms with Crippen molar-refractivity contribution in [3.63, 3.8) is 0 Å². The third kappa shape index (κ3) is 4.10. The molecule has 0 saturated heterocycles. The first-order valence-electron chi connectivity index (χ1n) is 9.64. The minimum atomic E-state index is -0.269. The number of fused-ring (bicyclic) bond motifs is 1. The second kappa shape index (κ2) is 8.66. The Balaban J connectivity index is 1.70. The minimum absolute atomic E-state index is 0.235. The Hall–Kier alpha value is -3.86. The summed E-state index contributed by atoms with van der Waals surface area (Å²) in [5.74, 6) is -0.269. The van der Waals surface area contributed by atoms with Gasteiger partial charge in [0.25, 0.3) is 0 Å². The molecule has 0 aliphatic heterocycles. The molecule has 0 radical (unpaired) electrons. The number of aryl methyl sites for hydroxylation is 1. The summed E-state index contributed by atoms with van der Waals surface area (Å²) in [6.45, 7) is 2.18. The van der Waals surface area contributed by atoms with Crippen molar-refractivity contribution in [1.82, 2.24) is 9.97 Å². The lowest BCUT2D eigenvalue weighted by Crippen LogP contribution is -1.99. The van der Waals surface area contributed by atoms with Gasteiger partial charge in [-0.1, -0.05) is 42.5 Å². The second-order valence-corrected chi connectivity index (χ2v) is 6.94. The maximum Gasteiger partial charge on any atom is 0.128 e. The molecule has 0 atom stereocenters. The lowest BCUT2D eigenvalue weighted by molar-refractivity contribution is 0.611. The molecule has 0 saturated carbocycles. The molecule has 0 amide bonds. The third-order valence-electron chi connectivity index (χ3n) is 4.85. The van der Waals surface area contributed by atoms with Crippen LogP contribution in [0.4, 0.5) is 4.39 Å². The van der Waals surface area contributed by atoms with E-state index in [4.69, 9.17) is 10.7 Å². The van der Waals surface area contributed by atoms with Gasteiger partial charge >= 0.3 is 0 Å². The van der Waals surface area contributed by atoms with E-state index >= 15 is 0 Å². The van der Waals surface area contributed by atoms with Crippen LogP contribution in [0.2, 0.25) is 0 Å². The number of halogens is 1. The van der Waals surface area contributed by atoms with Crippen LogP contribution in [0.15, 0.2) is 84.1 Å². The van der Waals surface area contributed by atoms with Crippen LogP contribution in [0.5, 0.6) is 0 Å². The average molecular weight is 396 g/mol. The molecular formula is C25H21FN4. The fourth-order valence-electron chi connectivity index (χ4n) is 3.29. The molecular weight excluding hydrogens is 375 g/mol. The highest BCUT2D eigenvalue weighted by molar-refractivity contribution is 6.11. The Bertz CT molecular complexity index is 1260. The first-order valence-corrected chi connectivity index (χ1v) is 9.64. The Kier molecular flexibility index (Phi) is 5.61. The van der Waals surface area contributed by atoms with Crippen LogP contribution in [0, 0.1) is 12.7 Å². The first kappa shape index (κ1) is 19.5. The molecule has 2 N–H and O–H groups in total. The molecule has 0 bridgehead atoms. The van der Waals surface area contributed by atoms with Crippen molar-refractivity contribution in [3.05, 3.63) is 102 Å². The highest BCUT2D eigenvalue weighted by Crippen LogP contribution is 2.29. The fourth-order valence-corrected chi connectivity index (χ4v) is 3.29. The number of pyridine rings is 2. The van der Waals surface area contributed by atoms with Gasteiger partial charge in [0.05, 0.1) is 17.8 Å². The van der Waals surface area contributed by atoms with E-state index in [0.29, 0.717) is 5.56 Å². The topological polar surface area (TPSA) is 64.2 Å². The van der Waals surface area contributed by atoms with Crippen molar-refractivity contribution in [2.45, 2.75) is 13.5 Å². The van der Waals surface area contributed by atoms with Crippen molar-refractivity contribution < 1.29 is 4.39 Å². The lowest BCUT2D eigenvalue weighted by atomic mass is 9.99. The molecule has 4 aromatic rings. The minimum Gasteiger partial charge on any atom is -0.404 e. The van der Waals surface area contributed by atoms with Crippen LogP contribution < -0.4 is 5.73 Å². The van der Waals surface area contributed by atoms with Crippen LogP contribution in [-0.4, -0.2) is 16.2 Å². The molecule has 0 aliphatic carbocycles. The van der Waals surface area contributed by atoms with Crippen LogP contribution in [0.1, 0.15) is 16.8 Å². The summed E-state index contributed by atoms with van der Waals surface area (Å²) in [6.07, 6.45) is 4.94. The van der Waals surface area contributed by atoms with Crippen molar-refractivity contribution in [2.75, 3.05) is 0 Å². The van der Waals surface area contributed by atoms with Crippen LogP contribution in [0.25, 0.3) is 27.7 Å². The van der Waals surface area contributed by atoms with E-state index in [1.54, 1.807) is 30.6 Å². The summed E-state index contributed by atoms with van der Waals surface area (Å²) in [5.41, 5.74) is 11.6. The summed E-state index contributed by atoms with van der Waals surface area (Å²) < 4.78 is 13.8. The van der Waals surface area contributed by atoms with Gasteiger partial charge in [-0.2, -0.15) is 0 Å². The standard InChI is InChI=1S/C25H21FN4/c1-17-8-11-22(21(14-27)16-28-15-20-5-2-3-7-23(20)26)25(30-17)19-10-9-18-6-4-12-29-24(18)13-19/h2-14,16H,15,27H2,1H3/b21-14+,28-16?. The maximum absolute atomic E-state index is 13.8. The van der Waals surface area contributed by atoms with Crippen molar-refractivity contribution in [2.24, 2.45) is 10.7 Å². The van der Waals surface area contributed by atoms with Gasteiger partial charge in [-0.25, -0.2) is 4.39 Å². The van der Waals surface area contributed by atoms with E-state index in [0.717, 1.165) is 39.0 Å². The van der Waals surface area contributed by atoms with Crippen molar-refractivity contribution >= 4 is 22.7 Å². The number of hydrogen-bond acceptors (Lipinski definition) is 4. The van der Waals surface area contributed by atoms with Gasteiger partial charge in [-0.05, 0) is 31.2 Å². The highest BCUT2D eigenvalue weighted by atomic mass is 19.1. The van der Waals surface area contributed by atoms with Gasteiger partial charge in [-0.3, -0.25) is 15.0 Å². The van der Waals surface area contributed by atoms with Crippen molar-refractivity contribution in [3.8, 4) is 11.3 Å². The van der Waals surface area contributed by atoms with Gasteiger partial charge in [-0.15, -0.1) is 0 Å². The van der Waals surface area contributed by atoms with E-state index in [9.17, 15) is 4.39 Å². The summed E-state index contributed by atoms with van der Waals surface area (Å²) in [7, 11) is 0. The molecule has 4 nitrogen and oxygen atoms in total. The Morgan fingerprint density at radius 1 is 1.07 bits per heavy atom. The Morgan fingerprint density at radius 3 is 2.77 bits per heavy atom. The fraction of sp³-hybridized carbons (Fsp3) is 0.0800. The zero-order valence-electron chi connectivity index (χ0n) is 16.6. The molecule has 0 spiro atoms. The maximum atomic E-state index is 13.8. The summed E-state index contributed by atoms with van der Waals surface area (Å²) in [4.78, 5) is 13.6. The number of hydrogen-bond donors (Lipinski definition) is 1. The number of nitrogens with zero attached hydrogens (tertiary/aromatic N) is 3. The zero-order chi connectivity index (χ0) is 20.9. The molecule has 2 aromatic carbocycles. The van der Waals surface area contributed by atoms with E-state index in [1.165, 1.54) is 12.3 Å². The smallest absolute Gasteiger partial charge is 0.128 e. The molecule has 4 rings (SSSR count). The Morgan fingerprint density at radius 2 is 1.93 bits per heavy atom. The lowest BCUT2D eigenvalue weighted by Gasteiger charge is -2.11. The highest BCUT2D eigenvalue weighted by Gasteiger charge is 2.12. The SMILES string of the molecule is Cc1ccc(/C(C=NCc2ccccc2F)=C/N)c(-c2ccc3cccnc3c2)n1. The quantitative estimate of drug-likeness (QED) is 0.465. The van der Waals surface area contributed by atoms with Gasteiger partial charge in [0.2, 0.25) is 0 Å². The number of rotatable bonds is 5. The number of aromatic nitrogens is 2. The average Bonchev–Trinajstić information content (AvgIpc) is 2.78. The van der Waals surface area contributed by atoms with E-state index in [-0.39, 0.29) is 12.4 Å². The molecule has 0 aliphatic rings. The number of allylic oxidation sites excluding steroid dienone is 1. The molecule has 0 unspecified atom stereocenters. The normalized spacial score (nSPS) is 12.0. The largest absolute Gasteiger partial charge is 0.404 e. The first-order chi connectivity index (χ1) is 14.7. The van der Waals surface area contributed by atoms with Crippen molar-refractivity contribution in [1.29, 1.82) is 0 Å². The number of aliphatic imine (C=N–C) groups is 1. The predicted octanol–water partition coefficient (Wildman–Crippen LogP) is 5.31. The molecule has 2 heterocycles. The predicted molar refractivity (Wildman–Crippen MR) is 120 cm³/mol. The monoisotopic (exact) mass is 396 g/mol. The molecule has 5 heteroatoms. The number of benzene rings is 2. The van der Waals surface area contributed by atoms with Crippen LogP contribution >= 0.6 is 0 Å². The van der Waals surface area contributed by atoms with Gasteiger partial charge in [0, 0.05) is 52.0 Å². The van der Waals surface area contributed by atoms with Gasteiger partial charge < -0.3 is 5.73 Å². The molecule has 2 aromatic heterocycles. The zero-order valence-corrected chi connectivity index (χ0v) is 16.6. The van der Waals surface area contributed by atoms with E-state index < -0.39 is 0 Å². The van der Waals surface area contributed by atoms with E-state index in [1.807, 2.05) is 49.4 Å². The van der Waals surface area contributed by atoms with Crippen LogP contribution in [0.3, 0.4) is 0 Å². The molecule has 0 fully saturated rings. The molecule has 148 valence electrons. The van der Waals surface area contributed by atoms with Crippen LogP contribution in [-0.2, 0) is 6.54 Å². The Labute approximate surface area is 174 Å². The summed E-state index contributed by atoms with van der Waals surface area (Å²) >= 11 is 0. The summed E-state index contributed by atoms with van der Waals surface area (Å²) in [5, 5.41) is 1.07. The number of nitrogens with two attached hydrogens (primary N) is 1. The van der Waals surface area contributed by atoms with Gasteiger partial charge in [0.15, 0.2) is 0 Å².